The lowest BCUT2D eigenvalue weighted by Gasteiger charge is -2.25. The first-order valence-corrected chi connectivity index (χ1v) is 9.27. The standard InChI is InChI=1S/C21H36O4/c1-8-16(4)17(5)12-20(25-21(24)11-15(3)13-22)10-14(2)9-18(6)19(7)23/h11,14,17-18,20,22H,4,8-10,12-13H2,1-3,5-7H3/b15-11+/t14-,17+,18+,20+/m0/s1. The maximum absolute atomic E-state index is 12.1. The van der Waals surface area contributed by atoms with Gasteiger partial charge in [-0.2, -0.15) is 0 Å². The molecule has 0 fully saturated rings. The summed E-state index contributed by atoms with van der Waals surface area (Å²) < 4.78 is 5.65. The quantitative estimate of drug-likeness (QED) is 0.320. The van der Waals surface area contributed by atoms with Gasteiger partial charge in [-0.1, -0.05) is 39.8 Å². The Bertz CT molecular complexity index is 478. The van der Waals surface area contributed by atoms with Crippen LogP contribution in [0.25, 0.3) is 0 Å². The van der Waals surface area contributed by atoms with Gasteiger partial charge in [-0.05, 0) is 56.9 Å². The van der Waals surface area contributed by atoms with Gasteiger partial charge in [0.2, 0.25) is 0 Å². The van der Waals surface area contributed by atoms with Crippen LogP contribution in [0, 0.1) is 17.8 Å². The van der Waals surface area contributed by atoms with E-state index in [1.807, 2.05) is 6.92 Å². The summed E-state index contributed by atoms with van der Waals surface area (Å²) in [6, 6.07) is 0. The largest absolute Gasteiger partial charge is 0.459 e. The van der Waals surface area contributed by atoms with Crippen LogP contribution in [0.3, 0.4) is 0 Å². The van der Waals surface area contributed by atoms with E-state index in [0.29, 0.717) is 5.57 Å². The molecule has 0 aromatic heterocycles. The average molecular weight is 353 g/mol. The molecular formula is C21H36O4. The molecule has 0 radical (unpaired) electrons. The number of aliphatic hydroxyl groups is 1. The van der Waals surface area contributed by atoms with Crippen LogP contribution in [0.5, 0.6) is 0 Å². The van der Waals surface area contributed by atoms with Gasteiger partial charge in [0.25, 0.3) is 0 Å². The Morgan fingerprint density at radius 3 is 2.16 bits per heavy atom. The third-order valence-corrected chi connectivity index (χ3v) is 4.78. The Morgan fingerprint density at radius 2 is 1.68 bits per heavy atom. The number of hydrogen-bond donors (Lipinski definition) is 1. The summed E-state index contributed by atoms with van der Waals surface area (Å²) in [6.07, 6.45) is 4.26. The van der Waals surface area contributed by atoms with Crippen LogP contribution >= 0.6 is 0 Å². The molecule has 25 heavy (non-hydrogen) atoms. The molecule has 0 unspecified atom stereocenters. The first-order valence-electron chi connectivity index (χ1n) is 9.27. The van der Waals surface area contributed by atoms with Crippen molar-refractivity contribution in [3.05, 3.63) is 23.8 Å². The SMILES string of the molecule is C=C(CC)[C@H](C)C[C@@H](C[C@@H](C)C[C@@H](C)C(C)=O)OC(=O)/C=C(\C)CO. The zero-order chi connectivity index (χ0) is 19.6. The minimum absolute atomic E-state index is 0.0194. The Balaban J connectivity index is 4.96. The van der Waals surface area contributed by atoms with E-state index in [0.717, 1.165) is 31.3 Å². The van der Waals surface area contributed by atoms with E-state index in [4.69, 9.17) is 9.84 Å². The fourth-order valence-electron chi connectivity index (χ4n) is 2.86. The Hall–Kier alpha value is -1.42. The zero-order valence-corrected chi connectivity index (χ0v) is 16.8. The normalized spacial score (nSPS) is 16.7. The molecule has 0 aromatic carbocycles. The van der Waals surface area contributed by atoms with E-state index in [2.05, 4.69) is 27.4 Å². The zero-order valence-electron chi connectivity index (χ0n) is 16.8. The lowest BCUT2D eigenvalue weighted by Crippen LogP contribution is -2.24. The Kier molecular flexibility index (Phi) is 11.3. The van der Waals surface area contributed by atoms with Crippen molar-refractivity contribution in [1.82, 2.24) is 0 Å². The monoisotopic (exact) mass is 352 g/mol. The highest BCUT2D eigenvalue weighted by molar-refractivity contribution is 5.82. The van der Waals surface area contributed by atoms with Crippen molar-refractivity contribution in [3.8, 4) is 0 Å². The fourth-order valence-corrected chi connectivity index (χ4v) is 2.86. The minimum atomic E-state index is -0.419. The summed E-state index contributed by atoms with van der Waals surface area (Å²) in [6.45, 7) is 15.4. The van der Waals surface area contributed by atoms with E-state index >= 15 is 0 Å². The topological polar surface area (TPSA) is 63.6 Å². The maximum Gasteiger partial charge on any atom is 0.331 e. The third kappa shape index (κ3) is 10.2. The molecule has 1 N–H and O–H groups in total. The molecule has 0 saturated carbocycles. The number of ether oxygens (including phenoxy) is 1. The van der Waals surface area contributed by atoms with Crippen LogP contribution in [0.2, 0.25) is 0 Å². The van der Waals surface area contributed by atoms with Gasteiger partial charge in [-0.3, -0.25) is 4.79 Å². The highest BCUT2D eigenvalue weighted by atomic mass is 16.5. The third-order valence-electron chi connectivity index (χ3n) is 4.78. The summed E-state index contributed by atoms with van der Waals surface area (Å²) in [7, 11) is 0. The van der Waals surface area contributed by atoms with Crippen molar-refractivity contribution in [2.45, 2.75) is 73.3 Å². The molecule has 0 saturated heterocycles. The van der Waals surface area contributed by atoms with Crippen molar-refractivity contribution in [2.24, 2.45) is 17.8 Å². The van der Waals surface area contributed by atoms with E-state index in [1.54, 1.807) is 13.8 Å². The summed E-state index contributed by atoms with van der Waals surface area (Å²) in [5.74, 6) is 0.336. The Labute approximate surface area is 153 Å². The van der Waals surface area contributed by atoms with Gasteiger partial charge >= 0.3 is 5.97 Å². The van der Waals surface area contributed by atoms with Crippen molar-refractivity contribution < 1.29 is 19.4 Å². The smallest absolute Gasteiger partial charge is 0.331 e. The van der Waals surface area contributed by atoms with Crippen LogP contribution in [-0.2, 0) is 14.3 Å². The molecule has 4 heteroatoms. The number of rotatable bonds is 12. The van der Waals surface area contributed by atoms with Crippen molar-refractivity contribution in [1.29, 1.82) is 0 Å². The van der Waals surface area contributed by atoms with Gasteiger partial charge in [0.1, 0.15) is 11.9 Å². The van der Waals surface area contributed by atoms with Crippen LogP contribution in [0.1, 0.15) is 67.2 Å². The summed E-state index contributed by atoms with van der Waals surface area (Å²) >= 11 is 0. The molecular weight excluding hydrogens is 316 g/mol. The van der Waals surface area contributed by atoms with Gasteiger partial charge in [-0.25, -0.2) is 4.79 Å². The molecule has 0 spiro atoms. The summed E-state index contributed by atoms with van der Waals surface area (Å²) in [5.41, 5.74) is 1.72. The van der Waals surface area contributed by atoms with Crippen molar-refractivity contribution in [3.63, 3.8) is 0 Å². The fraction of sp³-hybridized carbons (Fsp3) is 0.714. The molecule has 144 valence electrons. The van der Waals surface area contributed by atoms with Crippen LogP contribution in [0.4, 0.5) is 0 Å². The number of ketones is 1. The van der Waals surface area contributed by atoms with Crippen LogP contribution in [-0.4, -0.2) is 29.6 Å². The minimum Gasteiger partial charge on any atom is -0.459 e. The number of carbonyl (C=O) groups is 2. The molecule has 0 bridgehead atoms. The van der Waals surface area contributed by atoms with Crippen molar-refractivity contribution in [2.75, 3.05) is 6.61 Å². The predicted molar refractivity (Wildman–Crippen MR) is 102 cm³/mol. The van der Waals surface area contributed by atoms with E-state index in [9.17, 15) is 9.59 Å². The van der Waals surface area contributed by atoms with Gasteiger partial charge in [0.05, 0.1) is 6.61 Å². The highest BCUT2D eigenvalue weighted by Crippen LogP contribution is 2.26. The number of hydrogen-bond acceptors (Lipinski definition) is 4. The number of carbonyl (C=O) groups excluding carboxylic acids is 2. The number of esters is 1. The van der Waals surface area contributed by atoms with E-state index in [-0.39, 0.29) is 36.2 Å². The first-order chi connectivity index (χ1) is 11.6. The number of aliphatic hydroxyl groups excluding tert-OH is 1. The summed E-state index contributed by atoms with van der Waals surface area (Å²) in [5, 5.41) is 9.04. The van der Waals surface area contributed by atoms with Gasteiger partial charge in [0.15, 0.2) is 0 Å². The maximum atomic E-state index is 12.1. The summed E-state index contributed by atoms with van der Waals surface area (Å²) in [4.78, 5) is 23.5. The molecule has 0 aliphatic heterocycles. The number of allylic oxidation sites excluding steroid dienone is 1. The predicted octanol–water partition coefficient (Wildman–Crippen LogP) is 4.47. The lowest BCUT2D eigenvalue weighted by atomic mass is 9.86. The molecule has 0 aliphatic carbocycles. The van der Waals surface area contributed by atoms with Crippen LogP contribution in [0.15, 0.2) is 23.8 Å². The second-order valence-electron chi connectivity index (χ2n) is 7.44. The molecule has 0 aliphatic rings. The second kappa shape index (κ2) is 12.0. The molecule has 0 amide bonds. The molecule has 4 atom stereocenters. The molecule has 0 heterocycles. The second-order valence-corrected chi connectivity index (χ2v) is 7.44. The highest BCUT2D eigenvalue weighted by Gasteiger charge is 2.22. The van der Waals surface area contributed by atoms with Gasteiger partial charge < -0.3 is 9.84 Å². The first kappa shape index (κ1) is 23.6. The van der Waals surface area contributed by atoms with Crippen molar-refractivity contribution >= 4 is 11.8 Å². The van der Waals surface area contributed by atoms with Crippen LogP contribution < -0.4 is 0 Å². The Morgan fingerprint density at radius 1 is 1.08 bits per heavy atom. The average Bonchev–Trinajstić information content (AvgIpc) is 2.52. The molecule has 0 rings (SSSR count). The van der Waals surface area contributed by atoms with Gasteiger partial charge in [-0.15, -0.1) is 0 Å². The van der Waals surface area contributed by atoms with Gasteiger partial charge in [0, 0.05) is 12.0 Å². The number of Topliss-reactive ketones (excluding diaryl/α,β-unsaturated/α-hetero) is 1. The lowest BCUT2D eigenvalue weighted by molar-refractivity contribution is -0.144. The molecule has 4 nitrogen and oxygen atoms in total. The van der Waals surface area contributed by atoms with E-state index < -0.39 is 5.97 Å². The molecule has 0 aromatic rings. The van der Waals surface area contributed by atoms with E-state index in [1.165, 1.54) is 6.08 Å².